The molecule has 0 bridgehead atoms. The Morgan fingerprint density at radius 2 is 2.12 bits per heavy atom. The SMILES string of the molecule is CCCNC(=O)N(C)C[C@H]1CCCN(CCc2ccc(Cl)cc2)C1. The molecule has 2 rings (SSSR count). The van der Waals surface area contributed by atoms with E-state index in [2.05, 4.69) is 29.3 Å². The highest BCUT2D eigenvalue weighted by atomic mass is 35.5. The van der Waals surface area contributed by atoms with Crippen LogP contribution in [0.1, 0.15) is 31.7 Å². The second-order valence-corrected chi connectivity index (χ2v) is 7.23. The number of amides is 2. The normalized spacial score (nSPS) is 18.4. The molecule has 1 aliphatic rings. The first kappa shape index (κ1) is 19.1. The maximum absolute atomic E-state index is 12.0. The van der Waals surface area contributed by atoms with E-state index in [1.165, 1.54) is 18.4 Å². The molecule has 1 atom stereocenters. The first-order valence-electron chi connectivity index (χ1n) is 9.04. The molecule has 4 nitrogen and oxygen atoms in total. The zero-order chi connectivity index (χ0) is 17.4. The van der Waals surface area contributed by atoms with Gasteiger partial charge in [0.05, 0.1) is 0 Å². The van der Waals surface area contributed by atoms with Crippen molar-refractivity contribution in [3.8, 4) is 0 Å². The molecular weight excluding hydrogens is 322 g/mol. The van der Waals surface area contributed by atoms with Crippen LogP contribution in [0.4, 0.5) is 4.79 Å². The fourth-order valence-corrected chi connectivity index (χ4v) is 3.40. The minimum Gasteiger partial charge on any atom is -0.338 e. The molecule has 0 radical (unpaired) electrons. The van der Waals surface area contributed by atoms with E-state index in [-0.39, 0.29) is 6.03 Å². The molecule has 1 fully saturated rings. The lowest BCUT2D eigenvalue weighted by atomic mass is 9.97. The number of likely N-dealkylation sites (tertiary alicyclic amines) is 1. The Balaban J connectivity index is 1.74. The van der Waals surface area contributed by atoms with Gasteiger partial charge in [-0.25, -0.2) is 4.79 Å². The van der Waals surface area contributed by atoms with Gasteiger partial charge >= 0.3 is 6.03 Å². The van der Waals surface area contributed by atoms with Crippen molar-refractivity contribution in [1.29, 1.82) is 0 Å². The minimum atomic E-state index is 0.0511. The molecule has 0 saturated carbocycles. The van der Waals surface area contributed by atoms with Crippen LogP contribution in [0, 0.1) is 5.92 Å². The predicted octanol–water partition coefficient (Wildman–Crippen LogP) is 3.65. The van der Waals surface area contributed by atoms with Crippen molar-refractivity contribution >= 4 is 17.6 Å². The van der Waals surface area contributed by atoms with Crippen LogP contribution in [0.2, 0.25) is 5.02 Å². The molecule has 0 aromatic heterocycles. The summed E-state index contributed by atoms with van der Waals surface area (Å²) in [6.07, 6.45) is 4.46. The fraction of sp³-hybridized carbons (Fsp3) is 0.632. The lowest BCUT2D eigenvalue weighted by molar-refractivity contribution is 0.146. The Kier molecular flexibility index (Phi) is 7.86. The first-order chi connectivity index (χ1) is 11.6. The molecule has 1 aromatic carbocycles. The maximum Gasteiger partial charge on any atom is 0.317 e. The van der Waals surface area contributed by atoms with Crippen LogP contribution >= 0.6 is 11.6 Å². The Hall–Kier alpha value is -1.26. The Labute approximate surface area is 151 Å². The van der Waals surface area contributed by atoms with Crippen molar-refractivity contribution < 1.29 is 4.79 Å². The molecular formula is C19H30ClN3O. The molecule has 134 valence electrons. The summed E-state index contributed by atoms with van der Waals surface area (Å²) in [6.45, 7) is 6.98. The second kappa shape index (κ2) is 9.90. The molecule has 1 N–H and O–H groups in total. The third kappa shape index (κ3) is 6.33. The average Bonchev–Trinajstić information content (AvgIpc) is 2.59. The Bertz CT molecular complexity index is 506. The number of hydrogen-bond acceptors (Lipinski definition) is 2. The maximum atomic E-state index is 12.0. The summed E-state index contributed by atoms with van der Waals surface area (Å²) in [5, 5.41) is 3.74. The van der Waals surface area contributed by atoms with Crippen LogP contribution in [0.3, 0.4) is 0 Å². The van der Waals surface area contributed by atoms with Crippen molar-refractivity contribution in [1.82, 2.24) is 15.1 Å². The highest BCUT2D eigenvalue weighted by Crippen LogP contribution is 2.18. The molecule has 24 heavy (non-hydrogen) atoms. The summed E-state index contributed by atoms with van der Waals surface area (Å²) in [5.74, 6) is 0.571. The quantitative estimate of drug-likeness (QED) is 0.814. The van der Waals surface area contributed by atoms with Gasteiger partial charge in [-0.05, 0) is 55.8 Å². The van der Waals surface area contributed by atoms with Crippen molar-refractivity contribution in [2.75, 3.05) is 39.8 Å². The molecule has 1 aromatic rings. The topological polar surface area (TPSA) is 35.6 Å². The van der Waals surface area contributed by atoms with E-state index in [1.54, 1.807) is 0 Å². The van der Waals surface area contributed by atoms with E-state index in [1.807, 2.05) is 24.1 Å². The van der Waals surface area contributed by atoms with Gasteiger partial charge in [-0.2, -0.15) is 0 Å². The predicted molar refractivity (Wildman–Crippen MR) is 101 cm³/mol. The molecule has 2 amide bonds. The van der Waals surface area contributed by atoms with Gasteiger partial charge in [-0.15, -0.1) is 0 Å². The molecule has 1 aliphatic heterocycles. The Morgan fingerprint density at radius 1 is 1.38 bits per heavy atom. The number of carbonyl (C=O) groups is 1. The van der Waals surface area contributed by atoms with Crippen LogP contribution < -0.4 is 5.32 Å². The van der Waals surface area contributed by atoms with Gasteiger partial charge < -0.3 is 15.1 Å². The number of rotatable bonds is 7. The number of carbonyl (C=O) groups excluding carboxylic acids is 1. The highest BCUT2D eigenvalue weighted by molar-refractivity contribution is 6.30. The molecule has 1 saturated heterocycles. The Morgan fingerprint density at radius 3 is 2.83 bits per heavy atom. The third-order valence-corrected chi connectivity index (χ3v) is 4.89. The number of halogens is 1. The van der Waals surface area contributed by atoms with Crippen LogP contribution in [-0.4, -0.2) is 55.6 Å². The van der Waals surface area contributed by atoms with Crippen LogP contribution in [-0.2, 0) is 6.42 Å². The molecule has 0 unspecified atom stereocenters. The van der Waals surface area contributed by atoms with Gasteiger partial charge in [0, 0.05) is 38.2 Å². The van der Waals surface area contributed by atoms with E-state index in [4.69, 9.17) is 11.6 Å². The first-order valence-corrected chi connectivity index (χ1v) is 9.42. The van der Waals surface area contributed by atoms with Crippen LogP contribution in [0.25, 0.3) is 0 Å². The third-order valence-electron chi connectivity index (χ3n) is 4.64. The monoisotopic (exact) mass is 351 g/mol. The summed E-state index contributed by atoms with van der Waals surface area (Å²) in [6, 6.07) is 8.18. The van der Waals surface area contributed by atoms with Crippen LogP contribution in [0.5, 0.6) is 0 Å². The van der Waals surface area contributed by atoms with Crippen LogP contribution in [0.15, 0.2) is 24.3 Å². The van der Waals surface area contributed by atoms with Gasteiger partial charge in [-0.3, -0.25) is 0 Å². The van der Waals surface area contributed by atoms with E-state index in [0.717, 1.165) is 50.6 Å². The van der Waals surface area contributed by atoms with E-state index < -0.39 is 0 Å². The highest BCUT2D eigenvalue weighted by Gasteiger charge is 2.22. The lowest BCUT2D eigenvalue weighted by Gasteiger charge is -2.34. The van der Waals surface area contributed by atoms with Crippen molar-refractivity contribution in [3.63, 3.8) is 0 Å². The molecule has 0 aliphatic carbocycles. The van der Waals surface area contributed by atoms with Gasteiger partial charge in [0.1, 0.15) is 0 Å². The number of nitrogens with zero attached hydrogens (tertiary/aromatic N) is 2. The van der Waals surface area contributed by atoms with Crippen molar-refractivity contribution in [2.45, 2.75) is 32.6 Å². The summed E-state index contributed by atoms with van der Waals surface area (Å²) < 4.78 is 0. The fourth-order valence-electron chi connectivity index (χ4n) is 3.28. The van der Waals surface area contributed by atoms with Gasteiger partial charge in [-0.1, -0.05) is 30.7 Å². The molecule has 1 heterocycles. The zero-order valence-electron chi connectivity index (χ0n) is 14.9. The van der Waals surface area contributed by atoms with Gasteiger partial charge in [0.2, 0.25) is 0 Å². The molecule has 0 spiro atoms. The van der Waals surface area contributed by atoms with E-state index >= 15 is 0 Å². The lowest BCUT2D eigenvalue weighted by Crippen LogP contribution is -2.45. The summed E-state index contributed by atoms with van der Waals surface area (Å²) in [7, 11) is 1.90. The van der Waals surface area contributed by atoms with Crippen molar-refractivity contribution in [3.05, 3.63) is 34.9 Å². The van der Waals surface area contributed by atoms with Gasteiger partial charge in [0.25, 0.3) is 0 Å². The molecule has 5 heteroatoms. The zero-order valence-corrected chi connectivity index (χ0v) is 15.7. The summed E-state index contributed by atoms with van der Waals surface area (Å²) in [5.41, 5.74) is 1.33. The van der Waals surface area contributed by atoms with E-state index in [0.29, 0.717) is 5.92 Å². The number of piperidine rings is 1. The standard InChI is InChI=1S/C19H30ClN3O/c1-3-11-21-19(24)22(2)14-17-5-4-12-23(15-17)13-10-16-6-8-18(20)9-7-16/h6-9,17H,3-5,10-15H2,1-2H3,(H,21,24)/t17-/m1/s1. The van der Waals surface area contributed by atoms with E-state index in [9.17, 15) is 4.79 Å². The number of hydrogen-bond donors (Lipinski definition) is 1. The number of benzene rings is 1. The minimum absolute atomic E-state index is 0.0511. The van der Waals surface area contributed by atoms with Gasteiger partial charge in [0.15, 0.2) is 0 Å². The summed E-state index contributed by atoms with van der Waals surface area (Å²) in [4.78, 5) is 16.4. The smallest absolute Gasteiger partial charge is 0.317 e. The largest absolute Gasteiger partial charge is 0.338 e. The number of urea groups is 1. The number of nitrogens with one attached hydrogen (secondary N) is 1. The van der Waals surface area contributed by atoms with Crippen molar-refractivity contribution in [2.24, 2.45) is 5.92 Å². The summed E-state index contributed by atoms with van der Waals surface area (Å²) >= 11 is 5.94. The average molecular weight is 352 g/mol. The second-order valence-electron chi connectivity index (χ2n) is 6.80.